The highest BCUT2D eigenvalue weighted by Gasteiger charge is 2.31. The summed E-state index contributed by atoms with van der Waals surface area (Å²) < 4.78 is 18.8. The van der Waals surface area contributed by atoms with Crippen molar-refractivity contribution < 1.29 is 23.6 Å². The minimum Gasteiger partial charge on any atom is -0.460 e. The Morgan fingerprint density at radius 1 is 1.17 bits per heavy atom. The largest absolute Gasteiger partial charge is 0.460 e. The highest BCUT2D eigenvalue weighted by atomic mass is 19.1. The summed E-state index contributed by atoms with van der Waals surface area (Å²) in [5.74, 6) is -3.90. The zero-order valence-corrected chi connectivity index (χ0v) is 12.8. The van der Waals surface area contributed by atoms with E-state index >= 15 is 0 Å². The number of Topliss-reactive ketones (excluding diaryl/α,β-unsaturated/α-hetero) is 1. The molecule has 0 saturated carbocycles. The Hall–Kier alpha value is -3.09. The number of nitrogens with zero attached hydrogens (tertiary/aromatic N) is 1. The molecular weight excluding hydrogens is 317 g/mol. The Morgan fingerprint density at radius 3 is 2.33 bits per heavy atom. The summed E-state index contributed by atoms with van der Waals surface area (Å²) in [6, 6.07) is 10.6. The number of nitro groups is 1. The van der Waals surface area contributed by atoms with Crippen molar-refractivity contribution in [3.05, 3.63) is 75.6 Å². The van der Waals surface area contributed by atoms with Crippen LogP contribution >= 0.6 is 0 Å². The molecule has 0 amide bonds. The number of halogens is 1. The molecule has 124 valence electrons. The van der Waals surface area contributed by atoms with Gasteiger partial charge < -0.3 is 4.74 Å². The predicted octanol–water partition coefficient (Wildman–Crippen LogP) is 3.00. The fraction of sp³-hybridized carbons (Fsp3) is 0.176. The Morgan fingerprint density at radius 2 is 1.79 bits per heavy atom. The molecule has 0 aromatic heterocycles. The Balaban J connectivity index is 2.50. The van der Waals surface area contributed by atoms with E-state index in [-0.39, 0.29) is 23.4 Å². The van der Waals surface area contributed by atoms with Gasteiger partial charge in [0.15, 0.2) is 0 Å². The van der Waals surface area contributed by atoms with E-state index in [9.17, 15) is 24.1 Å². The third kappa shape index (κ3) is 3.62. The molecule has 2 rings (SSSR count). The molecule has 0 N–H and O–H groups in total. The maximum Gasteiger partial charge on any atom is 0.375 e. The van der Waals surface area contributed by atoms with Crippen molar-refractivity contribution in [1.82, 2.24) is 0 Å². The molecule has 2 aromatic rings. The molecule has 0 bridgehead atoms. The number of rotatable bonds is 6. The number of nitro benzene ring substituents is 1. The first-order valence-electron chi connectivity index (χ1n) is 7.15. The van der Waals surface area contributed by atoms with Crippen molar-refractivity contribution in [3.8, 4) is 0 Å². The minimum absolute atomic E-state index is 0.00408. The van der Waals surface area contributed by atoms with Crippen LogP contribution in [0, 0.1) is 15.9 Å². The lowest BCUT2D eigenvalue weighted by atomic mass is 9.87. The SMILES string of the molecule is CCOC(=O)C(=O)C(c1ccc([N+](=O)[O-])cc1)c1ccccc1F. The van der Waals surface area contributed by atoms with Gasteiger partial charge in [-0.1, -0.05) is 30.3 Å². The van der Waals surface area contributed by atoms with Crippen molar-refractivity contribution in [2.45, 2.75) is 12.8 Å². The predicted molar refractivity (Wildman–Crippen MR) is 83.0 cm³/mol. The molecule has 7 heteroatoms. The number of non-ortho nitro benzene ring substituents is 1. The second kappa shape index (κ2) is 7.45. The van der Waals surface area contributed by atoms with Crippen molar-refractivity contribution in [2.75, 3.05) is 6.61 Å². The van der Waals surface area contributed by atoms with E-state index < -0.39 is 28.4 Å². The first kappa shape index (κ1) is 17.3. The normalized spacial score (nSPS) is 11.6. The van der Waals surface area contributed by atoms with Crippen molar-refractivity contribution in [2.24, 2.45) is 0 Å². The van der Waals surface area contributed by atoms with E-state index in [0.29, 0.717) is 0 Å². The average Bonchev–Trinajstić information content (AvgIpc) is 2.57. The number of ether oxygens (including phenoxy) is 1. The molecule has 0 aliphatic carbocycles. The van der Waals surface area contributed by atoms with E-state index in [1.807, 2.05) is 0 Å². The highest BCUT2D eigenvalue weighted by Crippen LogP contribution is 2.29. The third-order valence-electron chi connectivity index (χ3n) is 3.39. The summed E-state index contributed by atoms with van der Waals surface area (Å²) >= 11 is 0. The van der Waals surface area contributed by atoms with Gasteiger partial charge in [0.25, 0.3) is 11.5 Å². The number of carbonyl (C=O) groups is 2. The molecule has 6 nitrogen and oxygen atoms in total. The lowest BCUT2D eigenvalue weighted by molar-refractivity contribution is -0.384. The summed E-state index contributed by atoms with van der Waals surface area (Å²) in [7, 11) is 0. The van der Waals surface area contributed by atoms with Gasteiger partial charge in [0, 0.05) is 17.7 Å². The van der Waals surface area contributed by atoms with Crippen LogP contribution in [0.25, 0.3) is 0 Å². The molecule has 2 aromatic carbocycles. The molecule has 0 fully saturated rings. The Labute approximate surface area is 137 Å². The summed E-state index contributed by atoms with van der Waals surface area (Å²) in [6.45, 7) is 1.56. The van der Waals surface area contributed by atoms with Crippen molar-refractivity contribution >= 4 is 17.4 Å². The molecule has 0 spiro atoms. The number of hydrogen-bond acceptors (Lipinski definition) is 5. The van der Waals surface area contributed by atoms with Crippen LogP contribution in [-0.4, -0.2) is 23.3 Å². The molecule has 0 aliphatic rings. The molecule has 0 heterocycles. The van der Waals surface area contributed by atoms with Crippen molar-refractivity contribution in [1.29, 1.82) is 0 Å². The second-order valence-electron chi connectivity index (χ2n) is 4.89. The topological polar surface area (TPSA) is 86.5 Å². The first-order chi connectivity index (χ1) is 11.5. The highest BCUT2D eigenvalue weighted by molar-refractivity contribution is 6.36. The fourth-order valence-electron chi connectivity index (χ4n) is 2.29. The number of esters is 1. The van der Waals surface area contributed by atoms with Gasteiger partial charge in [-0.25, -0.2) is 9.18 Å². The van der Waals surface area contributed by atoms with Crippen LogP contribution in [-0.2, 0) is 14.3 Å². The number of ketones is 1. The van der Waals surface area contributed by atoms with E-state index in [2.05, 4.69) is 0 Å². The maximum absolute atomic E-state index is 14.1. The van der Waals surface area contributed by atoms with Gasteiger partial charge in [-0.3, -0.25) is 14.9 Å². The molecule has 0 radical (unpaired) electrons. The number of carbonyl (C=O) groups excluding carboxylic acids is 2. The quantitative estimate of drug-likeness (QED) is 0.351. The second-order valence-corrected chi connectivity index (χ2v) is 4.89. The van der Waals surface area contributed by atoms with Gasteiger partial charge in [-0.15, -0.1) is 0 Å². The summed E-state index contributed by atoms with van der Waals surface area (Å²) in [5.41, 5.74) is 0.0998. The maximum atomic E-state index is 14.1. The van der Waals surface area contributed by atoms with Crippen LogP contribution in [0.2, 0.25) is 0 Å². The van der Waals surface area contributed by atoms with Crippen LogP contribution in [0.3, 0.4) is 0 Å². The minimum atomic E-state index is -1.23. The Kier molecular flexibility index (Phi) is 5.36. The lowest BCUT2D eigenvalue weighted by Gasteiger charge is -2.16. The Bertz CT molecular complexity index is 773. The molecule has 0 saturated heterocycles. The molecular formula is C17H14FNO5. The standard InChI is InChI=1S/C17H14FNO5/c1-2-24-17(21)16(20)15(13-5-3-4-6-14(13)18)11-7-9-12(10-8-11)19(22)23/h3-10,15H,2H2,1H3. The zero-order chi connectivity index (χ0) is 17.7. The first-order valence-corrected chi connectivity index (χ1v) is 7.15. The van der Waals surface area contributed by atoms with Crippen LogP contribution < -0.4 is 0 Å². The smallest absolute Gasteiger partial charge is 0.375 e. The van der Waals surface area contributed by atoms with E-state index in [0.717, 1.165) is 0 Å². The number of benzene rings is 2. The molecule has 0 aliphatic heterocycles. The van der Waals surface area contributed by atoms with Crippen LogP contribution in [0.15, 0.2) is 48.5 Å². The van der Waals surface area contributed by atoms with E-state index in [1.165, 1.54) is 48.5 Å². The van der Waals surface area contributed by atoms with Crippen LogP contribution in [0.5, 0.6) is 0 Å². The van der Waals surface area contributed by atoms with Gasteiger partial charge in [0.1, 0.15) is 5.82 Å². The zero-order valence-electron chi connectivity index (χ0n) is 12.8. The van der Waals surface area contributed by atoms with Crippen molar-refractivity contribution in [3.63, 3.8) is 0 Å². The van der Waals surface area contributed by atoms with Gasteiger partial charge in [0.05, 0.1) is 17.4 Å². The fourth-order valence-corrected chi connectivity index (χ4v) is 2.29. The molecule has 24 heavy (non-hydrogen) atoms. The monoisotopic (exact) mass is 331 g/mol. The summed E-state index contributed by atoms with van der Waals surface area (Å²) in [6.07, 6.45) is 0. The lowest BCUT2D eigenvalue weighted by Crippen LogP contribution is -2.26. The van der Waals surface area contributed by atoms with Gasteiger partial charge in [-0.2, -0.15) is 0 Å². The summed E-state index contributed by atoms with van der Waals surface area (Å²) in [5, 5.41) is 10.7. The van der Waals surface area contributed by atoms with E-state index in [1.54, 1.807) is 6.92 Å². The summed E-state index contributed by atoms with van der Waals surface area (Å²) in [4.78, 5) is 34.4. The van der Waals surface area contributed by atoms with Gasteiger partial charge >= 0.3 is 5.97 Å². The average molecular weight is 331 g/mol. The van der Waals surface area contributed by atoms with Gasteiger partial charge in [0.2, 0.25) is 0 Å². The third-order valence-corrected chi connectivity index (χ3v) is 3.39. The van der Waals surface area contributed by atoms with Crippen LogP contribution in [0.1, 0.15) is 24.0 Å². The van der Waals surface area contributed by atoms with Gasteiger partial charge in [-0.05, 0) is 18.6 Å². The molecule has 1 atom stereocenters. The van der Waals surface area contributed by atoms with E-state index in [4.69, 9.17) is 4.74 Å². The number of hydrogen-bond donors (Lipinski definition) is 0. The van der Waals surface area contributed by atoms with Crippen LogP contribution in [0.4, 0.5) is 10.1 Å². The molecule has 1 unspecified atom stereocenters.